The molecule has 0 amide bonds. The van der Waals surface area contributed by atoms with Gasteiger partial charge in [0, 0.05) is 0 Å². The highest BCUT2D eigenvalue weighted by Crippen LogP contribution is 2.43. The molecule has 0 saturated carbocycles. The lowest BCUT2D eigenvalue weighted by atomic mass is 9.77. The van der Waals surface area contributed by atoms with Crippen molar-refractivity contribution >= 4 is 0 Å². The van der Waals surface area contributed by atoms with Gasteiger partial charge in [-0.2, -0.15) is 0 Å². The number of hydrogen-bond donors (Lipinski definition) is 1. The van der Waals surface area contributed by atoms with Gasteiger partial charge in [-0.3, -0.25) is 0 Å². The van der Waals surface area contributed by atoms with Gasteiger partial charge in [-0.1, -0.05) is 44.6 Å². The van der Waals surface area contributed by atoms with Crippen LogP contribution >= 0.6 is 0 Å². The van der Waals surface area contributed by atoms with E-state index in [2.05, 4.69) is 45.9 Å². The quantitative estimate of drug-likeness (QED) is 0.703. The second-order valence-electron chi connectivity index (χ2n) is 5.44. The smallest absolute Gasteiger partial charge is 0.0572 e. The molecule has 1 N–H and O–H groups in total. The lowest BCUT2D eigenvalue weighted by Gasteiger charge is -2.27. The highest BCUT2D eigenvalue weighted by molar-refractivity contribution is 5.22. The van der Waals surface area contributed by atoms with Gasteiger partial charge < -0.3 is 5.11 Å². The van der Waals surface area contributed by atoms with E-state index in [1.165, 1.54) is 5.57 Å². The molecule has 0 radical (unpaired) electrons. The van der Waals surface area contributed by atoms with Crippen molar-refractivity contribution in [1.82, 2.24) is 0 Å². The third kappa shape index (κ3) is 2.72. The van der Waals surface area contributed by atoms with E-state index in [9.17, 15) is 5.11 Å². The van der Waals surface area contributed by atoms with Crippen LogP contribution in [-0.2, 0) is 0 Å². The van der Waals surface area contributed by atoms with Crippen molar-refractivity contribution in [3.63, 3.8) is 0 Å². The number of rotatable bonds is 3. The predicted molar refractivity (Wildman–Crippen MR) is 65.6 cm³/mol. The number of allylic oxidation sites excluding steroid dienone is 3. The molecule has 15 heavy (non-hydrogen) atoms. The van der Waals surface area contributed by atoms with E-state index in [1.807, 2.05) is 6.92 Å². The molecule has 0 aromatic heterocycles. The standard InChI is InChI=1S/C14H24O/c1-10(12(3)15)6-8-13-9-7-11(2)14(13,4)5/h6-8,10,12-13,15H,9H2,1-5H3/t10?,12?,13-/m0/s1. The molecule has 1 rings (SSSR count). The van der Waals surface area contributed by atoms with E-state index in [0.29, 0.717) is 5.92 Å². The van der Waals surface area contributed by atoms with E-state index in [4.69, 9.17) is 0 Å². The highest BCUT2D eigenvalue weighted by Gasteiger charge is 2.32. The maximum Gasteiger partial charge on any atom is 0.0572 e. The average Bonchev–Trinajstić information content (AvgIpc) is 2.39. The molecular formula is C14H24O. The molecule has 0 aromatic carbocycles. The number of aliphatic hydroxyl groups is 1. The Morgan fingerprint density at radius 2 is 2.07 bits per heavy atom. The topological polar surface area (TPSA) is 20.2 Å². The zero-order valence-corrected chi connectivity index (χ0v) is 10.6. The molecule has 0 spiro atoms. The van der Waals surface area contributed by atoms with E-state index in [-0.39, 0.29) is 17.4 Å². The molecule has 0 saturated heterocycles. The Labute approximate surface area is 93.9 Å². The van der Waals surface area contributed by atoms with Gasteiger partial charge in [-0.25, -0.2) is 0 Å². The third-order valence-electron chi connectivity index (χ3n) is 4.03. The summed E-state index contributed by atoms with van der Waals surface area (Å²) in [7, 11) is 0. The number of aliphatic hydroxyl groups excluding tert-OH is 1. The van der Waals surface area contributed by atoms with Crippen LogP contribution in [0.5, 0.6) is 0 Å². The van der Waals surface area contributed by atoms with Crippen LogP contribution in [0.4, 0.5) is 0 Å². The normalized spacial score (nSPS) is 29.2. The Kier molecular flexibility index (Phi) is 3.77. The summed E-state index contributed by atoms with van der Waals surface area (Å²) in [6, 6.07) is 0. The van der Waals surface area contributed by atoms with Crippen molar-refractivity contribution in [3.8, 4) is 0 Å². The molecule has 1 nitrogen and oxygen atoms in total. The van der Waals surface area contributed by atoms with Crippen LogP contribution in [0, 0.1) is 17.3 Å². The first kappa shape index (κ1) is 12.5. The molecule has 1 aliphatic rings. The minimum absolute atomic E-state index is 0.250. The van der Waals surface area contributed by atoms with Crippen molar-refractivity contribution in [2.75, 3.05) is 0 Å². The fourth-order valence-corrected chi connectivity index (χ4v) is 1.94. The molecule has 86 valence electrons. The fraction of sp³-hybridized carbons (Fsp3) is 0.714. The SMILES string of the molecule is CC1=CC[C@H](C=CC(C)C(C)O)C1(C)C. The Hall–Kier alpha value is -0.560. The summed E-state index contributed by atoms with van der Waals surface area (Å²) in [6.45, 7) is 10.7. The second kappa shape index (κ2) is 4.52. The maximum absolute atomic E-state index is 9.41. The lowest BCUT2D eigenvalue weighted by molar-refractivity contribution is 0.156. The van der Waals surface area contributed by atoms with Crippen molar-refractivity contribution in [2.45, 2.75) is 47.1 Å². The summed E-state index contributed by atoms with van der Waals surface area (Å²) in [5.41, 5.74) is 1.77. The summed E-state index contributed by atoms with van der Waals surface area (Å²) < 4.78 is 0. The van der Waals surface area contributed by atoms with E-state index < -0.39 is 0 Å². The fourth-order valence-electron chi connectivity index (χ4n) is 1.94. The molecule has 0 aliphatic heterocycles. The molecular weight excluding hydrogens is 184 g/mol. The van der Waals surface area contributed by atoms with Crippen LogP contribution in [0.15, 0.2) is 23.8 Å². The van der Waals surface area contributed by atoms with Gasteiger partial charge in [0.05, 0.1) is 6.10 Å². The first-order chi connectivity index (χ1) is 6.85. The van der Waals surface area contributed by atoms with Gasteiger partial charge >= 0.3 is 0 Å². The monoisotopic (exact) mass is 208 g/mol. The summed E-state index contributed by atoms with van der Waals surface area (Å²) >= 11 is 0. The molecule has 0 aromatic rings. The highest BCUT2D eigenvalue weighted by atomic mass is 16.3. The van der Waals surface area contributed by atoms with Crippen molar-refractivity contribution in [3.05, 3.63) is 23.8 Å². The van der Waals surface area contributed by atoms with Gasteiger partial charge in [0.2, 0.25) is 0 Å². The van der Waals surface area contributed by atoms with Crippen LogP contribution in [0.25, 0.3) is 0 Å². The minimum Gasteiger partial charge on any atom is -0.393 e. The van der Waals surface area contributed by atoms with Crippen LogP contribution in [-0.4, -0.2) is 11.2 Å². The molecule has 1 heteroatoms. The van der Waals surface area contributed by atoms with Crippen LogP contribution < -0.4 is 0 Å². The molecule has 2 unspecified atom stereocenters. The van der Waals surface area contributed by atoms with E-state index in [0.717, 1.165) is 6.42 Å². The minimum atomic E-state index is -0.250. The summed E-state index contributed by atoms with van der Waals surface area (Å²) in [6.07, 6.45) is 7.66. The summed E-state index contributed by atoms with van der Waals surface area (Å²) in [5.74, 6) is 0.848. The Balaban J connectivity index is 2.62. The van der Waals surface area contributed by atoms with Gasteiger partial charge in [0.1, 0.15) is 0 Å². The zero-order chi connectivity index (χ0) is 11.6. The van der Waals surface area contributed by atoms with Gasteiger partial charge in [0.25, 0.3) is 0 Å². The van der Waals surface area contributed by atoms with E-state index in [1.54, 1.807) is 0 Å². The van der Waals surface area contributed by atoms with Crippen molar-refractivity contribution < 1.29 is 5.11 Å². The Morgan fingerprint density at radius 3 is 2.47 bits per heavy atom. The Bertz CT molecular complexity index is 271. The van der Waals surface area contributed by atoms with Crippen molar-refractivity contribution in [2.24, 2.45) is 17.3 Å². The summed E-state index contributed by atoms with van der Waals surface area (Å²) in [4.78, 5) is 0. The van der Waals surface area contributed by atoms with Crippen LogP contribution in [0.3, 0.4) is 0 Å². The zero-order valence-electron chi connectivity index (χ0n) is 10.6. The van der Waals surface area contributed by atoms with Gasteiger partial charge in [0.15, 0.2) is 0 Å². The average molecular weight is 208 g/mol. The first-order valence-corrected chi connectivity index (χ1v) is 5.89. The lowest BCUT2D eigenvalue weighted by Crippen LogP contribution is -2.19. The largest absolute Gasteiger partial charge is 0.393 e. The first-order valence-electron chi connectivity index (χ1n) is 5.89. The summed E-state index contributed by atoms with van der Waals surface area (Å²) in [5, 5.41) is 9.41. The Morgan fingerprint density at radius 1 is 1.47 bits per heavy atom. The maximum atomic E-state index is 9.41. The molecule has 0 fully saturated rings. The van der Waals surface area contributed by atoms with E-state index >= 15 is 0 Å². The molecule has 0 bridgehead atoms. The van der Waals surface area contributed by atoms with Gasteiger partial charge in [-0.15, -0.1) is 0 Å². The molecule has 3 atom stereocenters. The third-order valence-corrected chi connectivity index (χ3v) is 4.03. The molecule has 1 aliphatic carbocycles. The number of hydrogen-bond acceptors (Lipinski definition) is 1. The van der Waals surface area contributed by atoms with Crippen LogP contribution in [0.1, 0.15) is 41.0 Å². The second-order valence-corrected chi connectivity index (χ2v) is 5.44. The molecule has 0 heterocycles. The van der Waals surface area contributed by atoms with Gasteiger partial charge in [-0.05, 0) is 37.5 Å². The van der Waals surface area contributed by atoms with Crippen LogP contribution in [0.2, 0.25) is 0 Å². The van der Waals surface area contributed by atoms with Crippen molar-refractivity contribution in [1.29, 1.82) is 0 Å². The predicted octanol–water partition coefficient (Wildman–Crippen LogP) is 3.55.